The normalized spacial score (nSPS) is 9.20. The number of carbonyl (C=O) groups excluding carboxylic acids is 1. The number of esters is 1. The van der Waals surface area contributed by atoms with Gasteiger partial charge >= 0.3 is 5.97 Å². The third-order valence-electron chi connectivity index (χ3n) is 2.07. The van der Waals surface area contributed by atoms with Crippen LogP contribution in [0.3, 0.4) is 0 Å². The van der Waals surface area contributed by atoms with Gasteiger partial charge in [-0.2, -0.15) is 5.26 Å². The number of nitrogens with zero attached hydrogens (tertiary/aromatic N) is 1. The van der Waals surface area contributed by atoms with Crippen LogP contribution in [-0.4, -0.2) is 20.2 Å². The molecule has 0 amide bonds. The van der Waals surface area contributed by atoms with Gasteiger partial charge in [0.05, 0.1) is 25.3 Å². The summed E-state index contributed by atoms with van der Waals surface area (Å²) >= 11 is 0. The maximum Gasteiger partial charge on any atom is 0.338 e. The minimum Gasteiger partial charge on any atom is -0.495 e. The predicted molar refractivity (Wildman–Crippen MR) is 53.8 cm³/mol. The van der Waals surface area contributed by atoms with Crippen molar-refractivity contribution in [2.75, 3.05) is 14.2 Å². The summed E-state index contributed by atoms with van der Waals surface area (Å²) in [5.41, 5.74) is 1.51. The zero-order valence-electron chi connectivity index (χ0n) is 8.83. The molecule has 4 heteroatoms. The van der Waals surface area contributed by atoms with E-state index in [2.05, 4.69) is 4.74 Å². The Labute approximate surface area is 88.0 Å². The first kappa shape index (κ1) is 11.1. The van der Waals surface area contributed by atoms with Gasteiger partial charge in [-0.1, -0.05) is 0 Å². The highest BCUT2D eigenvalue weighted by molar-refractivity contribution is 5.91. The Hall–Kier alpha value is -2.02. The second-order valence-electron chi connectivity index (χ2n) is 2.97. The number of methoxy groups -OCH3 is 2. The minimum atomic E-state index is -0.435. The lowest BCUT2D eigenvalue weighted by Crippen LogP contribution is -2.05. The van der Waals surface area contributed by atoms with Gasteiger partial charge in [0, 0.05) is 0 Å². The molecule has 15 heavy (non-hydrogen) atoms. The van der Waals surface area contributed by atoms with E-state index in [1.165, 1.54) is 20.3 Å². The zero-order chi connectivity index (χ0) is 11.4. The van der Waals surface area contributed by atoms with Crippen molar-refractivity contribution in [2.24, 2.45) is 0 Å². The molecule has 0 bridgehead atoms. The molecule has 0 heterocycles. The molecule has 0 aromatic heterocycles. The number of hydrogen-bond acceptors (Lipinski definition) is 4. The number of ether oxygens (including phenoxy) is 2. The summed E-state index contributed by atoms with van der Waals surface area (Å²) in [6, 6.07) is 5.11. The van der Waals surface area contributed by atoms with E-state index in [4.69, 9.17) is 10.00 Å². The number of benzene rings is 1. The van der Waals surface area contributed by atoms with E-state index >= 15 is 0 Å². The lowest BCUT2D eigenvalue weighted by Gasteiger charge is -2.08. The van der Waals surface area contributed by atoms with Gasteiger partial charge in [-0.05, 0) is 24.6 Å². The highest BCUT2D eigenvalue weighted by atomic mass is 16.5. The van der Waals surface area contributed by atoms with E-state index in [9.17, 15) is 4.79 Å². The number of aryl methyl sites for hydroxylation is 1. The summed E-state index contributed by atoms with van der Waals surface area (Å²) < 4.78 is 9.61. The van der Waals surface area contributed by atoms with Crippen LogP contribution < -0.4 is 4.74 Å². The largest absolute Gasteiger partial charge is 0.495 e. The van der Waals surface area contributed by atoms with Gasteiger partial charge in [0.15, 0.2) is 0 Å². The standard InChI is InChI=1S/C11H11NO3/c1-7-4-8(6-12)10(14-2)5-9(7)11(13)15-3/h4-5H,1-3H3. The molecule has 0 radical (unpaired) electrons. The molecule has 0 saturated carbocycles. The number of rotatable bonds is 2. The molecule has 1 rings (SSSR count). The van der Waals surface area contributed by atoms with Crippen molar-refractivity contribution in [3.05, 3.63) is 28.8 Å². The quantitative estimate of drug-likeness (QED) is 0.689. The summed E-state index contributed by atoms with van der Waals surface area (Å²) in [7, 11) is 2.76. The number of hydrogen-bond donors (Lipinski definition) is 0. The number of nitriles is 1. The molecule has 0 atom stereocenters. The lowest BCUT2D eigenvalue weighted by atomic mass is 10.0. The molecule has 78 valence electrons. The molecular weight excluding hydrogens is 194 g/mol. The Balaban J connectivity index is 3.33. The minimum absolute atomic E-state index is 0.378. The van der Waals surface area contributed by atoms with Gasteiger partial charge in [0.2, 0.25) is 0 Å². The molecule has 0 aliphatic heterocycles. The van der Waals surface area contributed by atoms with Crippen LogP contribution in [0.2, 0.25) is 0 Å². The molecule has 0 unspecified atom stereocenters. The topological polar surface area (TPSA) is 59.3 Å². The van der Waals surface area contributed by atoms with Crippen LogP contribution in [0, 0.1) is 18.3 Å². The maximum absolute atomic E-state index is 11.3. The predicted octanol–water partition coefficient (Wildman–Crippen LogP) is 1.66. The summed E-state index contributed by atoms with van der Waals surface area (Å²) in [6.07, 6.45) is 0. The third-order valence-corrected chi connectivity index (χ3v) is 2.07. The van der Waals surface area contributed by atoms with Gasteiger partial charge in [0.1, 0.15) is 11.8 Å². The summed E-state index contributed by atoms with van der Waals surface area (Å²) in [5.74, 6) is -0.0567. The molecule has 0 N–H and O–H groups in total. The van der Waals surface area contributed by atoms with Gasteiger partial charge in [0.25, 0.3) is 0 Å². The monoisotopic (exact) mass is 205 g/mol. The Bertz CT molecular complexity index is 432. The molecule has 1 aromatic carbocycles. The van der Waals surface area contributed by atoms with Crippen LogP contribution in [0.5, 0.6) is 5.75 Å². The number of carbonyl (C=O) groups is 1. The average molecular weight is 205 g/mol. The average Bonchev–Trinajstić information content (AvgIpc) is 2.27. The van der Waals surface area contributed by atoms with Crippen molar-refractivity contribution in [3.8, 4) is 11.8 Å². The first-order valence-electron chi connectivity index (χ1n) is 4.31. The first-order valence-corrected chi connectivity index (χ1v) is 4.31. The first-order chi connectivity index (χ1) is 7.13. The van der Waals surface area contributed by atoms with Gasteiger partial charge in [-0.15, -0.1) is 0 Å². The van der Waals surface area contributed by atoms with Gasteiger partial charge < -0.3 is 9.47 Å². The Kier molecular flexibility index (Phi) is 3.29. The Morgan fingerprint density at radius 3 is 2.53 bits per heavy atom. The van der Waals surface area contributed by atoms with Crippen molar-refractivity contribution in [2.45, 2.75) is 6.92 Å². The molecule has 4 nitrogen and oxygen atoms in total. The molecular formula is C11H11NO3. The lowest BCUT2D eigenvalue weighted by molar-refractivity contribution is 0.0599. The van der Waals surface area contributed by atoms with E-state index in [-0.39, 0.29) is 0 Å². The molecule has 0 aliphatic carbocycles. The SMILES string of the molecule is COC(=O)c1cc(OC)c(C#N)cc1C. The van der Waals surface area contributed by atoms with Crippen molar-refractivity contribution in [1.29, 1.82) is 5.26 Å². The van der Waals surface area contributed by atoms with Gasteiger partial charge in [-0.25, -0.2) is 4.79 Å². The van der Waals surface area contributed by atoms with Gasteiger partial charge in [-0.3, -0.25) is 0 Å². The molecule has 1 aromatic rings. The summed E-state index contributed by atoms with van der Waals surface area (Å²) in [6.45, 7) is 1.74. The summed E-state index contributed by atoms with van der Waals surface area (Å²) in [4.78, 5) is 11.3. The maximum atomic E-state index is 11.3. The second kappa shape index (κ2) is 4.47. The van der Waals surface area contributed by atoms with E-state index in [0.717, 1.165) is 0 Å². The van der Waals surface area contributed by atoms with E-state index in [0.29, 0.717) is 22.4 Å². The van der Waals surface area contributed by atoms with Crippen molar-refractivity contribution < 1.29 is 14.3 Å². The van der Waals surface area contributed by atoms with E-state index < -0.39 is 5.97 Å². The van der Waals surface area contributed by atoms with Crippen molar-refractivity contribution in [1.82, 2.24) is 0 Å². The van der Waals surface area contributed by atoms with Crippen LogP contribution >= 0.6 is 0 Å². The molecule has 0 spiro atoms. The fourth-order valence-electron chi connectivity index (χ4n) is 1.27. The van der Waals surface area contributed by atoms with Crippen LogP contribution in [0.1, 0.15) is 21.5 Å². The van der Waals surface area contributed by atoms with Crippen LogP contribution in [0.15, 0.2) is 12.1 Å². The smallest absolute Gasteiger partial charge is 0.338 e. The second-order valence-corrected chi connectivity index (χ2v) is 2.97. The highest BCUT2D eigenvalue weighted by Crippen LogP contribution is 2.23. The fraction of sp³-hybridized carbons (Fsp3) is 0.273. The zero-order valence-corrected chi connectivity index (χ0v) is 8.83. The summed E-state index contributed by atoms with van der Waals surface area (Å²) in [5, 5.41) is 8.81. The van der Waals surface area contributed by atoms with E-state index in [1.807, 2.05) is 6.07 Å². The highest BCUT2D eigenvalue weighted by Gasteiger charge is 2.13. The Morgan fingerprint density at radius 2 is 2.07 bits per heavy atom. The van der Waals surface area contributed by atoms with E-state index in [1.54, 1.807) is 13.0 Å². The molecule has 0 fully saturated rings. The van der Waals surface area contributed by atoms with Crippen LogP contribution in [0.4, 0.5) is 0 Å². The molecule has 0 saturated heterocycles. The third kappa shape index (κ3) is 2.08. The fourth-order valence-corrected chi connectivity index (χ4v) is 1.27. The van der Waals surface area contributed by atoms with Crippen molar-refractivity contribution >= 4 is 5.97 Å². The van der Waals surface area contributed by atoms with Crippen LogP contribution in [-0.2, 0) is 4.74 Å². The Morgan fingerprint density at radius 1 is 1.40 bits per heavy atom. The van der Waals surface area contributed by atoms with Crippen LogP contribution in [0.25, 0.3) is 0 Å². The molecule has 0 aliphatic rings. The van der Waals surface area contributed by atoms with Crippen molar-refractivity contribution in [3.63, 3.8) is 0 Å².